The Morgan fingerprint density at radius 3 is 2.74 bits per heavy atom. The summed E-state index contributed by atoms with van der Waals surface area (Å²) in [7, 11) is 0. The Hall–Kier alpha value is -0.770. The van der Waals surface area contributed by atoms with Gasteiger partial charge in [0.1, 0.15) is 5.76 Å². The fourth-order valence-electron chi connectivity index (χ4n) is 1.95. The molecule has 0 bridgehead atoms. The lowest BCUT2D eigenvalue weighted by Gasteiger charge is -2.18. The normalized spacial score (nSPS) is 12.6. The maximum atomic E-state index is 6.22. The minimum Gasteiger partial charge on any atom is -0.466 e. The molecule has 4 heteroatoms. The molecule has 1 aromatic heterocycles. The van der Waals surface area contributed by atoms with Gasteiger partial charge in [-0.15, -0.1) is 0 Å². The highest BCUT2D eigenvalue weighted by Crippen LogP contribution is 2.31. The largest absolute Gasteiger partial charge is 0.466 e. The third-order valence-electron chi connectivity index (χ3n) is 3.03. The molecule has 0 aliphatic heterocycles. The van der Waals surface area contributed by atoms with Crippen molar-refractivity contribution in [3.05, 3.63) is 56.9 Å². The molecule has 0 spiro atoms. The monoisotopic (exact) mass is 341 g/mol. The van der Waals surface area contributed by atoms with Crippen LogP contribution in [0.2, 0.25) is 5.02 Å². The molecule has 0 aliphatic carbocycles. The molecule has 19 heavy (non-hydrogen) atoms. The zero-order valence-electron chi connectivity index (χ0n) is 11.0. The molecule has 2 aromatic rings. The van der Waals surface area contributed by atoms with Gasteiger partial charge in [0.05, 0.1) is 16.8 Å². The second kappa shape index (κ2) is 6.60. The molecule has 102 valence electrons. The SMILES string of the molecule is CCCNC(c1ccc(C)c(Cl)c1)c1occc1Br. The van der Waals surface area contributed by atoms with Crippen molar-refractivity contribution in [2.75, 3.05) is 6.54 Å². The van der Waals surface area contributed by atoms with Gasteiger partial charge in [0, 0.05) is 5.02 Å². The summed E-state index contributed by atoms with van der Waals surface area (Å²) in [6.45, 7) is 5.07. The third kappa shape index (κ3) is 3.41. The zero-order chi connectivity index (χ0) is 13.8. The molecular formula is C15H17BrClNO. The van der Waals surface area contributed by atoms with E-state index in [2.05, 4.69) is 34.2 Å². The summed E-state index contributed by atoms with van der Waals surface area (Å²) in [6.07, 6.45) is 2.75. The van der Waals surface area contributed by atoms with E-state index < -0.39 is 0 Å². The number of hydrogen-bond donors (Lipinski definition) is 1. The van der Waals surface area contributed by atoms with E-state index in [9.17, 15) is 0 Å². The molecule has 0 fully saturated rings. The number of nitrogens with one attached hydrogen (secondary N) is 1. The number of benzene rings is 1. The van der Waals surface area contributed by atoms with Crippen LogP contribution in [0.5, 0.6) is 0 Å². The van der Waals surface area contributed by atoms with E-state index >= 15 is 0 Å². The molecule has 1 heterocycles. The van der Waals surface area contributed by atoms with Crippen LogP contribution in [0.3, 0.4) is 0 Å². The van der Waals surface area contributed by atoms with E-state index in [-0.39, 0.29) is 6.04 Å². The van der Waals surface area contributed by atoms with Gasteiger partial charge < -0.3 is 9.73 Å². The Kier molecular flexibility index (Phi) is 5.08. The smallest absolute Gasteiger partial charge is 0.139 e. The van der Waals surface area contributed by atoms with Crippen LogP contribution < -0.4 is 5.32 Å². The molecule has 0 saturated heterocycles. The van der Waals surface area contributed by atoms with Crippen molar-refractivity contribution in [2.24, 2.45) is 0 Å². The van der Waals surface area contributed by atoms with Crippen LogP contribution in [-0.4, -0.2) is 6.54 Å². The van der Waals surface area contributed by atoms with Crippen molar-refractivity contribution in [1.82, 2.24) is 5.32 Å². The summed E-state index contributed by atoms with van der Waals surface area (Å²) < 4.78 is 6.57. The number of aryl methyl sites for hydroxylation is 1. The first-order valence-electron chi connectivity index (χ1n) is 6.35. The Morgan fingerprint density at radius 2 is 2.16 bits per heavy atom. The van der Waals surface area contributed by atoms with Crippen LogP contribution in [0.1, 0.15) is 36.3 Å². The van der Waals surface area contributed by atoms with Gasteiger partial charge >= 0.3 is 0 Å². The van der Waals surface area contributed by atoms with Crippen molar-refractivity contribution in [2.45, 2.75) is 26.3 Å². The number of furan rings is 1. The van der Waals surface area contributed by atoms with E-state index in [0.717, 1.165) is 39.3 Å². The van der Waals surface area contributed by atoms with Gasteiger partial charge in [-0.2, -0.15) is 0 Å². The lowest BCUT2D eigenvalue weighted by atomic mass is 10.0. The first kappa shape index (κ1) is 14.6. The highest BCUT2D eigenvalue weighted by atomic mass is 79.9. The number of hydrogen-bond acceptors (Lipinski definition) is 2. The predicted octanol–water partition coefficient (Wildman–Crippen LogP) is 5.09. The van der Waals surface area contributed by atoms with Crippen molar-refractivity contribution < 1.29 is 4.42 Å². The minimum atomic E-state index is 0.0161. The first-order chi connectivity index (χ1) is 9.13. The van der Waals surface area contributed by atoms with Crippen LogP contribution in [0, 0.1) is 6.92 Å². The van der Waals surface area contributed by atoms with Gasteiger partial charge in [0.15, 0.2) is 0 Å². The first-order valence-corrected chi connectivity index (χ1v) is 7.53. The molecule has 2 rings (SSSR count). The van der Waals surface area contributed by atoms with Crippen LogP contribution in [0.4, 0.5) is 0 Å². The molecule has 0 aliphatic rings. The molecule has 0 amide bonds. The van der Waals surface area contributed by atoms with Crippen LogP contribution in [0.25, 0.3) is 0 Å². The van der Waals surface area contributed by atoms with Crippen LogP contribution in [0.15, 0.2) is 39.4 Å². The van der Waals surface area contributed by atoms with Gasteiger partial charge in [-0.05, 0) is 59.1 Å². The highest BCUT2D eigenvalue weighted by Gasteiger charge is 2.19. The van der Waals surface area contributed by atoms with E-state index in [0.29, 0.717) is 0 Å². The van der Waals surface area contributed by atoms with E-state index in [1.54, 1.807) is 6.26 Å². The molecule has 1 aromatic carbocycles. The molecule has 0 saturated carbocycles. The summed E-state index contributed by atoms with van der Waals surface area (Å²) in [5.74, 6) is 0.883. The summed E-state index contributed by atoms with van der Waals surface area (Å²) >= 11 is 9.75. The van der Waals surface area contributed by atoms with Crippen LogP contribution in [-0.2, 0) is 0 Å². The number of halogens is 2. The number of rotatable bonds is 5. The zero-order valence-corrected chi connectivity index (χ0v) is 13.4. The van der Waals surface area contributed by atoms with Crippen molar-refractivity contribution in [1.29, 1.82) is 0 Å². The second-order valence-electron chi connectivity index (χ2n) is 4.53. The maximum Gasteiger partial charge on any atom is 0.139 e. The topological polar surface area (TPSA) is 25.2 Å². The average Bonchev–Trinajstić information content (AvgIpc) is 2.80. The van der Waals surface area contributed by atoms with E-state index in [4.69, 9.17) is 16.0 Å². The Morgan fingerprint density at radius 1 is 1.37 bits per heavy atom. The molecule has 2 nitrogen and oxygen atoms in total. The van der Waals surface area contributed by atoms with Gasteiger partial charge in [0.2, 0.25) is 0 Å². The van der Waals surface area contributed by atoms with Gasteiger partial charge in [-0.1, -0.05) is 30.7 Å². The lowest BCUT2D eigenvalue weighted by Crippen LogP contribution is -2.23. The average molecular weight is 343 g/mol. The molecule has 1 atom stereocenters. The van der Waals surface area contributed by atoms with E-state index in [1.165, 1.54) is 0 Å². The Bertz CT molecular complexity index is 553. The third-order valence-corrected chi connectivity index (χ3v) is 4.10. The highest BCUT2D eigenvalue weighted by molar-refractivity contribution is 9.10. The molecule has 1 unspecified atom stereocenters. The van der Waals surface area contributed by atoms with Crippen LogP contribution >= 0.6 is 27.5 Å². The summed E-state index contributed by atoms with van der Waals surface area (Å²) in [4.78, 5) is 0. The fourth-order valence-corrected chi connectivity index (χ4v) is 2.57. The predicted molar refractivity (Wildman–Crippen MR) is 82.7 cm³/mol. The Labute approximate surface area is 127 Å². The summed E-state index contributed by atoms with van der Waals surface area (Å²) in [5.41, 5.74) is 2.19. The summed E-state index contributed by atoms with van der Waals surface area (Å²) in [6, 6.07) is 8.05. The van der Waals surface area contributed by atoms with Gasteiger partial charge in [0.25, 0.3) is 0 Å². The lowest BCUT2D eigenvalue weighted by molar-refractivity contribution is 0.444. The Balaban J connectivity index is 2.37. The summed E-state index contributed by atoms with van der Waals surface area (Å²) in [5, 5.41) is 4.27. The second-order valence-corrected chi connectivity index (χ2v) is 5.79. The molecular weight excluding hydrogens is 326 g/mol. The maximum absolute atomic E-state index is 6.22. The minimum absolute atomic E-state index is 0.0161. The van der Waals surface area contributed by atoms with Crippen molar-refractivity contribution in [3.63, 3.8) is 0 Å². The molecule has 0 radical (unpaired) electrons. The van der Waals surface area contributed by atoms with Gasteiger partial charge in [-0.25, -0.2) is 0 Å². The molecule has 1 N–H and O–H groups in total. The van der Waals surface area contributed by atoms with Gasteiger partial charge in [-0.3, -0.25) is 0 Å². The quantitative estimate of drug-likeness (QED) is 0.818. The van der Waals surface area contributed by atoms with Crippen molar-refractivity contribution in [3.8, 4) is 0 Å². The standard InChI is InChI=1S/C15H17BrClNO/c1-3-7-18-14(15-12(16)6-8-19-15)11-5-4-10(2)13(17)9-11/h4-6,8-9,14,18H,3,7H2,1-2H3. The fraction of sp³-hybridized carbons (Fsp3) is 0.333. The van der Waals surface area contributed by atoms with Crippen molar-refractivity contribution >= 4 is 27.5 Å². The van der Waals surface area contributed by atoms with E-state index in [1.807, 2.05) is 25.1 Å².